The van der Waals surface area contributed by atoms with E-state index in [0.29, 0.717) is 11.1 Å². The zero-order chi connectivity index (χ0) is 18.0. The lowest BCUT2D eigenvalue weighted by molar-refractivity contribution is 1.42. The molecule has 5 rings (SSSR count). The van der Waals surface area contributed by atoms with Crippen LogP contribution in [0.15, 0.2) is 60.7 Å². The first-order chi connectivity index (χ1) is 12.6. The van der Waals surface area contributed by atoms with Crippen molar-refractivity contribution in [3.63, 3.8) is 0 Å². The number of hydrogen-bond donors (Lipinski definition) is 4. The van der Waals surface area contributed by atoms with E-state index >= 15 is 0 Å². The molecule has 4 heteroatoms. The summed E-state index contributed by atoms with van der Waals surface area (Å²) < 4.78 is 0. The Balaban J connectivity index is 2.20. The Morgan fingerprint density at radius 1 is 0.538 bits per heavy atom. The molecule has 0 unspecified atom stereocenters. The molecule has 0 amide bonds. The minimum absolute atomic E-state index is 0.0201. The van der Waals surface area contributed by atoms with Crippen LogP contribution in [0.5, 0.6) is 0 Å². The SMILES string of the molecule is N=C(N)c1ccc2c3cccc4cccc(c5ccc(C(=N)N)c1c25)c43. The molecule has 0 spiro atoms. The highest BCUT2D eigenvalue weighted by Crippen LogP contribution is 2.41. The average molecular weight is 336 g/mol. The summed E-state index contributed by atoms with van der Waals surface area (Å²) in [5.41, 5.74) is 12.9. The normalized spacial score (nSPS) is 11.7. The van der Waals surface area contributed by atoms with Gasteiger partial charge >= 0.3 is 0 Å². The number of nitrogen functional groups attached to an aromatic ring is 2. The summed E-state index contributed by atoms with van der Waals surface area (Å²) in [6, 6.07) is 20.4. The third-order valence-electron chi connectivity index (χ3n) is 5.23. The number of benzene rings is 5. The fourth-order valence-electron chi connectivity index (χ4n) is 4.18. The molecular weight excluding hydrogens is 320 g/mol. The summed E-state index contributed by atoms with van der Waals surface area (Å²) in [7, 11) is 0. The van der Waals surface area contributed by atoms with Crippen LogP contribution >= 0.6 is 0 Å². The van der Waals surface area contributed by atoms with E-state index in [2.05, 4.69) is 36.4 Å². The zero-order valence-corrected chi connectivity index (χ0v) is 13.9. The molecule has 0 radical (unpaired) electrons. The molecule has 6 N–H and O–H groups in total. The van der Waals surface area contributed by atoms with Gasteiger partial charge in [-0.25, -0.2) is 0 Å². The zero-order valence-electron chi connectivity index (χ0n) is 13.9. The van der Waals surface area contributed by atoms with Crippen molar-refractivity contribution in [1.82, 2.24) is 0 Å². The van der Waals surface area contributed by atoms with Gasteiger partial charge in [0.2, 0.25) is 0 Å². The summed E-state index contributed by atoms with van der Waals surface area (Å²) in [5.74, 6) is -0.0402. The van der Waals surface area contributed by atoms with E-state index in [0.717, 1.165) is 32.3 Å². The number of fused-ring (bicyclic) bond motifs is 2. The van der Waals surface area contributed by atoms with E-state index in [1.165, 1.54) is 10.8 Å². The molecule has 26 heavy (non-hydrogen) atoms. The Bertz CT molecular complexity index is 1280. The van der Waals surface area contributed by atoms with Crippen LogP contribution in [-0.2, 0) is 0 Å². The van der Waals surface area contributed by atoms with Crippen LogP contribution in [0.1, 0.15) is 11.1 Å². The Morgan fingerprint density at radius 3 is 1.46 bits per heavy atom. The van der Waals surface area contributed by atoms with Gasteiger partial charge in [-0.3, -0.25) is 10.8 Å². The monoisotopic (exact) mass is 336 g/mol. The maximum atomic E-state index is 8.00. The lowest BCUT2D eigenvalue weighted by Gasteiger charge is -2.18. The molecule has 0 aliphatic heterocycles. The molecule has 0 bridgehead atoms. The number of rotatable bonds is 2. The standard InChI is InChI=1S/C22H16N4/c23-21(24)16-9-7-14-12-5-1-3-11-4-2-6-13(18(11)12)15-8-10-17(22(25)26)20(16)19(14)15/h1-10H,(H3,23,24)(H3,25,26). The molecule has 0 atom stereocenters. The van der Waals surface area contributed by atoms with Gasteiger partial charge in [-0.05, 0) is 37.7 Å². The predicted molar refractivity (Wildman–Crippen MR) is 110 cm³/mol. The molecule has 0 aliphatic carbocycles. The van der Waals surface area contributed by atoms with Gasteiger partial charge in [0, 0.05) is 16.5 Å². The lowest BCUT2D eigenvalue weighted by Crippen LogP contribution is -2.16. The predicted octanol–water partition coefficient (Wildman–Crippen LogP) is 4.31. The number of nitrogens with one attached hydrogen (secondary N) is 2. The second kappa shape index (κ2) is 4.92. The van der Waals surface area contributed by atoms with Crippen molar-refractivity contribution >= 4 is 54.8 Å². The fourth-order valence-corrected chi connectivity index (χ4v) is 4.18. The molecule has 0 heterocycles. The third kappa shape index (κ3) is 1.73. The summed E-state index contributed by atoms with van der Waals surface area (Å²) in [4.78, 5) is 0. The van der Waals surface area contributed by atoms with Crippen LogP contribution in [0.25, 0.3) is 43.1 Å². The van der Waals surface area contributed by atoms with Gasteiger partial charge in [-0.15, -0.1) is 0 Å². The van der Waals surface area contributed by atoms with Crippen molar-refractivity contribution < 1.29 is 0 Å². The van der Waals surface area contributed by atoms with E-state index in [4.69, 9.17) is 22.3 Å². The lowest BCUT2D eigenvalue weighted by atomic mass is 9.86. The average Bonchev–Trinajstić information content (AvgIpc) is 2.64. The van der Waals surface area contributed by atoms with Crippen LogP contribution in [0.4, 0.5) is 0 Å². The van der Waals surface area contributed by atoms with Crippen molar-refractivity contribution in [3.8, 4) is 0 Å². The van der Waals surface area contributed by atoms with E-state index in [1.807, 2.05) is 24.3 Å². The van der Waals surface area contributed by atoms with Gasteiger partial charge in [0.05, 0.1) is 0 Å². The van der Waals surface area contributed by atoms with E-state index < -0.39 is 0 Å². The van der Waals surface area contributed by atoms with Crippen molar-refractivity contribution in [2.75, 3.05) is 0 Å². The molecular formula is C22H16N4. The smallest absolute Gasteiger partial charge is 0.123 e. The van der Waals surface area contributed by atoms with Crippen LogP contribution in [0.2, 0.25) is 0 Å². The highest BCUT2D eigenvalue weighted by atomic mass is 14.7. The van der Waals surface area contributed by atoms with Crippen LogP contribution in [0.3, 0.4) is 0 Å². The van der Waals surface area contributed by atoms with E-state index in [-0.39, 0.29) is 11.7 Å². The fraction of sp³-hybridized carbons (Fsp3) is 0. The van der Waals surface area contributed by atoms with Crippen LogP contribution < -0.4 is 11.5 Å². The van der Waals surface area contributed by atoms with Crippen molar-refractivity contribution in [1.29, 1.82) is 10.8 Å². The number of amidine groups is 2. The van der Waals surface area contributed by atoms with Crippen molar-refractivity contribution in [2.24, 2.45) is 11.5 Å². The Labute approximate surface area is 149 Å². The van der Waals surface area contributed by atoms with Gasteiger partial charge in [0.15, 0.2) is 0 Å². The topological polar surface area (TPSA) is 99.7 Å². The molecule has 0 fully saturated rings. The molecule has 0 saturated heterocycles. The van der Waals surface area contributed by atoms with Gasteiger partial charge < -0.3 is 11.5 Å². The molecule has 5 aromatic carbocycles. The van der Waals surface area contributed by atoms with E-state index in [1.54, 1.807) is 0 Å². The molecule has 5 aromatic rings. The molecule has 0 aliphatic rings. The first-order valence-electron chi connectivity index (χ1n) is 8.39. The maximum absolute atomic E-state index is 8.00. The first kappa shape index (κ1) is 14.7. The summed E-state index contributed by atoms with van der Waals surface area (Å²) in [5, 5.41) is 24.7. The Morgan fingerprint density at radius 2 is 1.00 bits per heavy atom. The van der Waals surface area contributed by atoms with Crippen molar-refractivity contribution in [3.05, 3.63) is 71.8 Å². The van der Waals surface area contributed by atoms with Crippen LogP contribution in [-0.4, -0.2) is 11.7 Å². The minimum atomic E-state index is -0.0201. The summed E-state index contributed by atoms with van der Waals surface area (Å²) in [6.07, 6.45) is 0. The summed E-state index contributed by atoms with van der Waals surface area (Å²) >= 11 is 0. The van der Waals surface area contributed by atoms with E-state index in [9.17, 15) is 0 Å². The Hall–Kier alpha value is -3.66. The Kier molecular flexibility index (Phi) is 2.78. The van der Waals surface area contributed by atoms with Crippen LogP contribution in [0, 0.1) is 10.8 Å². The number of nitrogens with two attached hydrogens (primary N) is 2. The highest BCUT2D eigenvalue weighted by Gasteiger charge is 2.18. The highest BCUT2D eigenvalue weighted by molar-refractivity contribution is 6.36. The second-order valence-electron chi connectivity index (χ2n) is 6.61. The second-order valence-corrected chi connectivity index (χ2v) is 6.61. The first-order valence-corrected chi connectivity index (χ1v) is 8.39. The minimum Gasteiger partial charge on any atom is -0.384 e. The quantitative estimate of drug-likeness (QED) is 0.167. The summed E-state index contributed by atoms with van der Waals surface area (Å²) in [6.45, 7) is 0. The molecule has 0 saturated carbocycles. The molecule has 4 nitrogen and oxygen atoms in total. The van der Waals surface area contributed by atoms with Gasteiger partial charge in [0.25, 0.3) is 0 Å². The van der Waals surface area contributed by atoms with Gasteiger partial charge in [0.1, 0.15) is 11.7 Å². The van der Waals surface area contributed by atoms with Crippen molar-refractivity contribution in [2.45, 2.75) is 0 Å². The molecule has 124 valence electrons. The van der Waals surface area contributed by atoms with Gasteiger partial charge in [-0.1, -0.05) is 60.7 Å². The number of hydrogen-bond acceptors (Lipinski definition) is 2. The maximum Gasteiger partial charge on any atom is 0.123 e. The largest absolute Gasteiger partial charge is 0.384 e. The van der Waals surface area contributed by atoms with Gasteiger partial charge in [-0.2, -0.15) is 0 Å². The molecule has 0 aromatic heterocycles. The third-order valence-corrected chi connectivity index (χ3v) is 5.23.